The van der Waals surface area contributed by atoms with E-state index in [0.717, 1.165) is 44.9 Å². The van der Waals surface area contributed by atoms with Gasteiger partial charge in [0.05, 0.1) is 6.61 Å². The highest BCUT2D eigenvalue weighted by atomic mass is 16.5. The van der Waals surface area contributed by atoms with E-state index in [-0.39, 0.29) is 17.9 Å². The molecule has 3 aliphatic rings. The Labute approximate surface area is 126 Å². The number of rotatable bonds is 5. The van der Waals surface area contributed by atoms with Crippen molar-refractivity contribution in [2.45, 2.75) is 63.5 Å². The Morgan fingerprint density at radius 2 is 1.95 bits per heavy atom. The van der Waals surface area contributed by atoms with Crippen molar-refractivity contribution in [1.29, 1.82) is 0 Å². The fourth-order valence-electron chi connectivity index (χ4n) is 3.83. The lowest BCUT2D eigenvalue weighted by Gasteiger charge is -2.47. The molecule has 1 aliphatic heterocycles. The third kappa shape index (κ3) is 2.80. The number of nitrogens with one attached hydrogen (secondary N) is 1. The summed E-state index contributed by atoms with van der Waals surface area (Å²) in [4.78, 5) is 27.5. The lowest BCUT2D eigenvalue weighted by molar-refractivity contribution is -0.158. The zero-order valence-electron chi connectivity index (χ0n) is 12.9. The second-order valence-corrected chi connectivity index (χ2v) is 6.61. The molecule has 0 aromatic rings. The Kier molecular flexibility index (Phi) is 4.20. The highest BCUT2D eigenvalue weighted by Gasteiger charge is 2.54. The molecule has 21 heavy (non-hydrogen) atoms. The van der Waals surface area contributed by atoms with Crippen LogP contribution in [0.4, 0.5) is 0 Å². The average Bonchev–Trinajstić information content (AvgIpc) is 3.30. The molecule has 3 rings (SSSR count). The van der Waals surface area contributed by atoms with Gasteiger partial charge in [0.25, 0.3) is 0 Å². The monoisotopic (exact) mass is 294 g/mol. The maximum absolute atomic E-state index is 13.0. The summed E-state index contributed by atoms with van der Waals surface area (Å²) in [7, 11) is 0. The highest BCUT2D eigenvalue weighted by Crippen LogP contribution is 2.40. The van der Waals surface area contributed by atoms with Crippen molar-refractivity contribution in [3.05, 3.63) is 0 Å². The summed E-state index contributed by atoms with van der Waals surface area (Å²) in [6.07, 6.45) is 6.92. The molecule has 1 spiro atoms. The van der Waals surface area contributed by atoms with E-state index >= 15 is 0 Å². The van der Waals surface area contributed by atoms with Gasteiger partial charge in [-0.1, -0.05) is 19.3 Å². The maximum atomic E-state index is 13.0. The van der Waals surface area contributed by atoms with Crippen LogP contribution in [-0.2, 0) is 14.3 Å². The number of hydrogen-bond acceptors (Lipinski definition) is 3. The lowest BCUT2D eigenvalue weighted by atomic mass is 9.78. The lowest BCUT2D eigenvalue weighted by Crippen LogP contribution is -2.71. The number of carbonyl (C=O) groups excluding carboxylic acids is 2. The van der Waals surface area contributed by atoms with E-state index < -0.39 is 5.54 Å². The first-order chi connectivity index (χ1) is 10.2. The SMILES string of the molecule is CCOCCN1C(=O)C2(CCCCC2)NC(=O)C1C1CC1. The van der Waals surface area contributed by atoms with Gasteiger partial charge in [-0.05, 0) is 38.5 Å². The van der Waals surface area contributed by atoms with E-state index in [1.165, 1.54) is 0 Å². The first-order valence-electron chi connectivity index (χ1n) is 8.39. The third-order valence-corrected chi connectivity index (χ3v) is 5.09. The molecule has 1 unspecified atom stereocenters. The zero-order chi connectivity index (χ0) is 14.9. The molecule has 0 radical (unpaired) electrons. The van der Waals surface area contributed by atoms with Gasteiger partial charge in [0, 0.05) is 13.2 Å². The minimum absolute atomic E-state index is 0.0653. The molecule has 2 saturated carbocycles. The van der Waals surface area contributed by atoms with Crippen LogP contribution in [0.15, 0.2) is 0 Å². The van der Waals surface area contributed by atoms with Gasteiger partial charge < -0.3 is 15.0 Å². The predicted octanol–water partition coefficient (Wildman–Crippen LogP) is 1.46. The Balaban J connectivity index is 1.79. The number of piperazine rings is 1. The van der Waals surface area contributed by atoms with E-state index in [4.69, 9.17) is 4.74 Å². The first-order valence-corrected chi connectivity index (χ1v) is 8.39. The van der Waals surface area contributed by atoms with E-state index in [9.17, 15) is 9.59 Å². The highest BCUT2D eigenvalue weighted by molar-refractivity contribution is 6.00. The van der Waals surface area contributed by atoms with Crippen LogP contribution in [-0.4, -0.2) is 48.1 Å². The molecule has 1 heterocycles. The van der Waals surface area contributed by atoms with Gasteiger partial charge in [0.1, 0.15) is 11.6 Å². The predicted molar refractivity (Wildman–Crippen MR) is 78.7 cm³/mol. The standard InChI is InChI=1S/C16H26N2O3/c1-2-21-11-10-18-13(12-6-7-12)14(19)17-16(15(18)20)8-4-3-5-9-16/h12-13H,2-11H2,1H3,(H,17,19). The Hall–Kier alpha value is -1.10. The van der Waals surface area contributed by atoms with Gasteiger partial charge in [-0.2, -0.15) is 0 Å². The average molecular weight is 294 g/mol. The summed E-state index contributed by atoms with van der Waals surface area (Å²) in [5, 5.41) is 3.10. The number of nitrogens with zero attached hydrogens (tertiary/aromatic N) is 1. The van der Waals surface area contributed by atoms with E-state index in [1.807, 2.05) is 11.8 Å². The van der Waals surface area contributed by atoms with Crippen LogP contribution in [0.25, 0.3) is 0 Å². The van der Waals surface area contributed by atoms with Crippen LogP contribution in [0, 0.1) is 5.92 Å². The maximum Gasteiger partial charge on any atom is 0.249 e. The molecule has 1 atom stereocenters. The molecule has 118 valence electrons. The summed E-state index contributed by atoms with van der Waals surface area (Å²) < 4.78 is 5.42. The molecule has 1 N–H and O–H groups in total. The molecule has 2 amide bonds. The van der Waals surface area contributed by atoms with E-state index in [0.29, 0.717) is 25.7 Å². The van der Waals surface area contributed by atoms with Gasteiger partial charge in [-0.25, -0.2) is 0 Å². The van der Waals surface area contributed by atoms with Crippen molar-refractivity contribution in [3.63, 3.8) is 0 Å². The van der Waals surface area contributed by atoms with Gasteiger partial charge in [-0.3, -0.25) is 9.59 Å². The second-order valence-electron chi connectivity index (χ2n) is 6.61. The normalized spacial score (nSPS) is 28.8. The van der Waals surface area contributed by atoms with E-state index in [2.05, 4.69) is 5.32 Å². The Bertz CT molecular complexity index is 414. The topological polar surface area (TPSA) is 58.6 Å². The molecule has 5 nitrogen and oxygen atoms in total. The molecule has 0 bridgehead atoms. The van der Waals surface area contributed by atoms with Crippen molar-refractivity contribution in [3.8, 4) is 0 Å². The molecule has 5 heteroatoms. The quantitative estimate of drug-likeness (QED) is 0.781. The largest absolute Gasteiger partial charge is 0.380 e. The van der Waals surface area contributed by atoms with Crippen molar-refractivity contribution < 1.29 is 14.3 Å². The summed E-state index contributed by atoms with van der Waals surface area (Å²) in [6.45, 7) is 3.66. The Morgan fingerprint density at radius 1 is 1.24 bits per heavy atom. The molecule has 0 aromatic heterocycles. The van der Waals surface area contributed by atoms with Crippen molar-refractivity contribution in [2.75, 3.05) is 19.8 Å². The van der Waals surface area contributed by atoms with Crippen LogP contribution in [0.1, 0.15) is 51.9 Å². The molecule has 3 fully saturated rings. The van der Waals surface area contributed by atoms with Crippen molar-refractivity contribution in [1.82, 2.24) is 10.2 Å². The molecule has 1 saturated heterocycles. The third-order valence-electron chi connectivity index (χ3n) is 5.09. The van der Waals surface area contributed by atoms with Gasteiger partial charge in [-0.15, -0.1) is 0 Å². The Morgan fingerprint density at radius 3 is 2.57 bits per heavy atom. The number of hydrogen-bond donors (Lipinski definition) is 1. The molecule has 0 aromatic carbocycles. The van der Waals surface area contributed by atoms with Crippen LogP contribution >= 0.6 is 0 Å². The second kappa shape index (κ2) is 5.95. The fourth-order valence-corrected chi connectivity index (χ4v) is 3.83. The van der Waals surface area contributed by atoms with Crippen molar-refractivity contribution in [2.24, 2.45) is 5.92 Å². The summed E-state index contributed by atoms with van der Waals surface area (Å²) >= 11 is 0. The fraction of sp³-hybridized carbons (Fsp3) is 0.875. The van der Waals surface area contributed by atoms with Crippen LogP contribution in [0.3, 0.4) is 0 Å². The van der Waals surface area contributed by atoms with E-state index in [1.54, 1.807) is 0 Å². The zero-order valence-corrected chi connectivity index (χ0v) is 12.9. The molecule has 2 aliphatic carbocycles. The minimum atomic E-state index is -0.618. The van der Waals surface area contributed by atoms with Crippen LogP contribution < -0.4 is 5.32 Å². The van der Waals surface area contributed by atoms with Crippen molar-refractivity contribution >= 4 is 11.8 Å². The summed E-state index contributed by atoms with van der Waals surface area (Å²) in [5.74, 6) is 0.561. The summed E-state index contributed by atoms with van der Waals surface area (Å²) in [5.41, 5.74) is -0.618. The van der Waals surface area contributed by atoms with Gasteiger partial charge >= 0.3 is 0 Å². The number of ether oxygens (including phenoxy) is 1. The molecular weight excluding hydrogens is 268 g/mol. The van der Waals surface area contributed by atoms with Gasteiger partial charge in [0.2, 0.25) is 11.8 Å². The number of amides is 2. The number of carbonyl (C=O) groups is 2. The molecular formula is C16H26N2O3. The van der Waals surface area contributed by atoms with Gasteiger partial charge in [0.15, 0.2) is 0 Å². The summed E-state index contributed by atoms with van der Waals surface area (Å²) in [6, 6.07) is -0.259. The first kappa shape index (κ1) is 14.8. The van der Waals surface area contributed by atoms with Crippen LogP contribution in [0.2, 0.25) is 0 Å². The minimum Gasteiger partial charge on any atom is -0.380 e. The van der Waals surface area contributed by atoms with Crippen LogP contribution in [0.5, 0.6) is 0 Å². The smallest absolute Gasteiger partial charge is 0.249 e.